The van der Waals surface area contributed by atoms with Crippen molar-refractivity contribution in [3.8, 4) is 0 Å². The first kappa shape index (κ1) is 17.0. The number of aryl methyl sites for hydroxylation is 2. The number of ether oxygens (including phenoxy) is 1. The number of hydrogen-bond acceptors (Lipinski definition) is 4. The summed E-state index contributed by atoms with van der Waals surface area (Å²) in [6.45, 7) is 3.75. The first-order chi connectivity index (χ1) is 10.9. The summed E-state index contributed by atoms with van der Waals surface area (Å²) in [5.41, 5.74) is 2.48. The molecule has 0 aliphatic rings. The van der Waals surface area contributed by atoms with Crippen LogP contribution in [0.4, 0.5) is 5.69 Å². The Balaban J connectivity index is 2.33. The lowest BCUT2D eigenvalue weighted by atomic mass is 10.1. The largest absolute Gasteiger partial charge is 0.465 e. The lowest BCUT2D eigenvalue weighted by molar-refractivity contribution is 0.0599. The molecule has 0 aliphatic heterocycles. The van der Waals surface area contributed by atoms with E-state index in [2.05, 4.69) is 9.46 Å². The lowest BCUT2D eigenvalue weighted by Crippen LogP contribution is -2.14. The second-order valence-electron chi connectivity index (χ2n) is 5.12. The highest BCUT2D eigenvalue weighted by molar-refractivity contribution is 7.92. The highest BCUT2D eigenvalue weighted by Crippen LogP contribution is 2.20. The number of benzene rings is 2. The molecular weight excluding hydrogens is 314 g/mol. The Hall–Kier alpha value is -2.34. The second kappa shape index (κ2) is 6.83. The summed E-state index contributed by atoms with van der Waals surface area (Å²) in [4.78, 5) is 11.7. The average Bonchev–Trinajstić information content (AvgIpc) is 2.54. The van der Waals surface area contributed by atoms with E-state index in [4.69, 9.17) is 0 Å². The summed E-state index contributed by atoms with van der Waals surface area (Å²) in [7, 11) is -2.51. The van der Waals surface area contributed by atoms with E-state index in [1.807, 2.05) is 19.1 Å². The van der Waals surface area contributed by atoms with Crippen LogP contribution in [0.2, 0.25) is 0 Å². The van der Waals surface area contributed by atoms with Gasteiger partial charge in [0.25, 0.3) is 10.0 Å². The quantitative estimate of drug-likeness (QED) is 0.853. The van der Waals surface area contributed by atoms with Gasteiger partial charge in [0.1, 0.15) is 0 Å². The number of carbonyl (C=O) groups excluding carboxylic acids is 1. The number of methoxy groups -OCH3 is 1. The van der Waals surface area contributed by atoms with E-state index in [0.717, 1.165) is 12.0 Å². The minimum atomic E-state index is -3.77. The summed E-state index contributed by atoms with van der Waals surface area (Å²) >= 11 is 0. The van der Waals surface area contributed by atoms with Gasteiger partial charge in [-0.25, -0.2) is 13.2 Å². The molecule has 5 nitrogen and oxygen atoms in total. The topological polar surface area (TPSA) is 72.5 Å². The van der Waals surface area contributed by atoms with Gasteiger partial charge in [-0.3, -0.25) is 4.72 Å². The summed E-state index contributed by atoms with van der Waals surface area (Å²) in [6, 6.07) is 11.5. The number of nitrogens with one attached hydrogen (secondary N) is 1. The van der Waals surface area contributed by atoms with Gasteiger partial charge in [-0.2, -0.15) is 0 Å². The molecule has 0 amide bonds. The van der Waals surface area contributed by atoms with E-state index in [9.17, 15) is 13.2 Å². The number of esters is 1. The number of anilines is 1. The fourth-order valence-electron chi connectivity index (χ4n) is 2.12. The van der Waals surface area contributed by atoms with E-state index in [1.54, 1.807) is 25.1 Å². The van der Waals surface area contributed by atoms with Crippen molar-refractivity contribution in [2.75, 3.05) is 11.8 Å². The van der Waals surface area contributed by atoms with Gasteiger partial charge in [0.15, 0.2) is 0 Å². The number of hydrogen-bond donors (Lipinski definition) is 1. The Labute approximate surface area is 136 Å². The zero-order valence-electron chi connectivity index (χ0n) is 13.3. The molecule has 0 saturated heterocycles. The molecule has 0 fully saturated rings. The standard InChI is InChI=1S/C17H19NO4S/c1-4-13-6-8-14(9-7-13)18-23(20,21)15-10-5-12(2)16(11-15)17(19)22-3/h5-11,18H,4H2,1-3H3. The molecule has 6 heteroatoms. The fourth-order valence-corrected chi connectivity index (χ4v) is 3.21. The predicted octanol–water partition coefficient (Wildman–Crippen LogP) is 3.14. The van der Waals surface area contributed by atoms with E-state index < -0.39 is 16.0 Å². The van der Waals surface area contributed by atoms with Crippen LogP contribution < -0.4 is 4.72 Å². The van der Waals surface area contributed by atoms with E-state index in [1.165, 1.54) is 19.2 Å². The number of carbonyl (C=O) groups is 1. The van der Waals surface area contributed by atoms with Crippen LogP contribution in [0, 0.1) is 6.92 Å². The van der Waals surface area contributed by atoms with Crippen molar-refractivity contribution < 1.29 is 17.9 Å². The fraction of sp³-hybridized carbons (Fsp3) is 0.235. The van der Waals surface area contributed by atoms with Crippen LogP contribution >= 0.6 is 0 Å². The zero-order chi connectivity index (χ0) is 17.0. The molecule has 0 spiro atoms. The highest BCUT2D eigenvalue weighted by Gasteiger charge is 2.18. The molecule has 122 valence electrons. The molecule has 0 saturated carbocycles. The molecule has 2 aromatic carbocycles. The minimum Gasteiger partial charge on any atom is -0.465 e. The molecule has 0 aliphatic carbocycles. The zero-order valence-corrected chi connectivity index (χ0v) is 14.1. The third-order valence-corrected chi connectivity index (χ3v) is 4.92. The van der Waals surface area contributed by atoms with E-state index in [-0.39, 0.29) is 10.5 Å². The maximum absolute atomic E-state index is 12.5. The second-order valence-corrected chi connectivity index (χ2v) is 6.81. The molecule has 2 aromatic rings. The summed E-state index contributed by atoms with van der Waals surface area (Å²) in [5.74, 6) is -0.563. The monoisotopic (exact) mass is 333 g/mol. The minimum absolute atomic E-state index is 0.0167. The van der Waals surface area contributed by atoms with Gasteiger partial charge in [-0.1, -0.05) is 25.1 Å². The van der Waals surface area contributed by atoms with Gasteiger partial charge < -0.3 is 4.74 Å². The summed E-state index contributed by atoms with van der Waals surface area (Å²) < 4.78 is 32.1. The van der Waals surface area contributed by atoms with Crippen LogP contribution in [0.3, 0.4) is 0 Å². The summed E-state index contributed by atoms with van der Waals surface area (Å²) in [6.07, 6.45) is 0.882. The van der Waals surface area contributed by atoms with Crippen molar-refractivity contribution in [1.82, 2.24) is 0 Å². The van der Waals surface area contributed by atoms with Crippen molar-refractivity contribution in [3.05, 3.63) is 59.2 Å². The van der Waals surface area contributed by atoms with Gasteiger partial charge in [0.05, 0.1) is 17.6 Å². The molecule has 2 rings (SSSR count). The first-order valence-corrected chi connectivity index (χ1v) is 8.66. The Morgan fingerprint density at radius 2 is 1.78 bits per heavy atom. The normalized spacial score (nSPS) is 11.1. The van der Waals surface area contributed by atoms with Crippen LogP contribution in [0.1, 0.15) is 28.4 Å². The maximum Gasteiger partial charge on any atom is 0.338 e. The Morgan fingerprint density at radius 3 is 2.35 bits per heavy atom. The van der Waals surface area contributed by atoms with Crippen molar-refractivity contribution in [3.63, 3.8) is 0 Å². The van der Waals surface area contributed by atoms with Crippen molar-refractivity contribution in [2.45, 2.75) is 25.2 Å². The Kier molecular flexibility index (Phi) is 5.05. The van der Waals surface area contributed by atoms with Crippen molar-refractivity contribution >= 4 is 21.7 Å². The first-order valence-electron chi connectivity index (χ1n) is 7.18. The summed E-state index contributed by atoms with van der Waals surface area (Å²) in [5, 5.41) is 0. The number of sulfonamides is 1. The van der Waals surface area contributed by atoms with E-state index in [0.29, 0.717) is 11.3 Å². The maximum atomic E-state index is 12.5. The third kappa shape index (κ3) is 3.90. The van der Waals surface area contributed by atoms with Crippen LogP contribution in [0.15, 0.2) is 47.4 Å². The lowest BCUT2D eigenvalue weighted by Gasteiger charge is -2.11. The van der Waals surface area contributed by atoms with E-state index >= 15 is 0 Å². The highest BCUT2D eigenvalue weighted by atomic mass is 32.2. The molecule has 0 aromatic heterocycles. The third-order valence-electron chi connectivity index (χ3n) is 3.54. The molecule has 1 N–H and O–H groups in total. The van der Waals surface area contributed by atoms with Gasteiger partial charge in [-0.15, -0.1) is 0 Å². The Morgan fingerprint density at radius 1 is 1.13 bits per heavy atom. The molecule has 0 bridgehead atoms. The van der Waals surface area contributed by atoms with Crippen LogP contribution in [-0.4, -0.2) is 21.5 Å². The smallest absolute Gasteiger partial charge is 0.338 e. The average molecular weight is 333 g/mol. The van der Waals surface area contributed by atoms with Crippen LogP contribution in [-0.2, 0) is 21.2 Å². The van der Waals surface area contributed by atoms with Gasteiger partial charge in [0, 0.05) is 5.69 Å². The van der Waals surface area contributed by atoms with Gasteiger partial charge in [0.2, 0.25) is 0 Å². The molecule has 0 heterocycles. The van der Waals surface area contributed by atoms with Crippen molar-refractivity contribution in [2.24, 2.45) is 0 Å². The molecular formula is C17H19NO4S. The molecule has 23 heavy (non-hydrogen) atoms. The van der Waals surface area contributed by atoms with Crippen molar-refractivity contribution in [1.29, 1.82) is 0 Å². The molecule has 0 unspecified atom stereocenters. The number of rotatable bonds is 5. The molecule has 0 radical (unpaired) electrons. The Bertz CT molecular complexity index is 811. The molecule has 0 atom stereocenters. The predicted molar refractivity (Wildman–Crippen MR) is 89.1 cm³/mol. The van der Waals surface area contributed by atoms with Gasteiger partial charge >= 0.3 is 5.97 Å². The SMILES string of the molecule is CCc1ccc(NS(=O)(=O)c2ccc(C)c(C(=O)OC)c2)cc1. The van der Waals surface area contributed by atoms with Gasteiger partial charge in [-0.05, 0) is 48.7 Å². The van der Waals surface area contributed by atoms with Crippen LogP contribution in [0.25, 0.3) is 0 Å². The van der Waals surface area contributed by atoms with Crippen LogP contribution in [0.5, 0.6) is 0 Å².